The molecular formula is C20H20N4O3. The van der Waals surface area contributed by atoms with Crippen LogP contribution in [0.1, 0.15) is 24.5 Å². The third kappa shape index (κ3) is 5.24. The molecule has 0 aromatic heterocycles. The highest BCUT2D eigenvalue weighted by atomic mass is 16.5. The maximum absolute atomic E-state index is 11.9. The maximum Gasteiger partial charge on any atom is 0.249 e. The van der Waals surface area contributed by atoms with Crippen molar-refractivity contribution in [2.24, 2.45) is 16.1 Å². The Kier molecular flexibility index (Phi) is 5.94. The normalized spacial score (nSPS) is 16.1. The molecule has 3 rings (SSSR count). The summed E-state index contributed by atoms with van der Waals surface area (Å²) >= 11 is 0. The summed E-state index contributed by atoms with van der Waals surface area (Å²) in [7, 11) is 0. The first kappa shape index (κ1) is 18.3. The minimum absolute atomic E-state index is 0.0186. The van der Waals surface area contributed by atoms with Gasteiger partial charge in [0.15, 0.2) is 0 Å². The number of hydrogen-bond acceptors (Lipinski definition) is 5. The van der Waals surface area contributed by atoms with Gasteiger partial charge < -0.3 is 4.74 Å². The van der Waals surface area contributed by atoms with Crippen LogP contribution in [0.2, 0.25) is 0 Å². The lowest BCUT2D eigenvalue weighted by Crippen LogP contribution is -2.29. The van der Waals surface area contributed by atoms with Crippen LogP contribution in [0.25, 0.3) is 0 Å². The van der Waals surface area contributed by atoms with Crippen molar-refractivity contribution in [2.75, 3.05) is 0 Å². The Morgan fingerprint density at radius 2 is 1.96 bits per heavy atom. The van der Waals surface area contributed by atoms with Crippen LogP contribution in [0.4, 0.5) is 0 Å². The van der Waals surface area contributed by atoms with E-state index in [2.05, 4.69) is 21.1 Å². The van der Waals surface area contributed by atoms with Crippen LogP contribution in [0.3, 0.4) is 0 Å². The summed E-state index contributed by atoms with van der Waals surface area (Å²) in [5.41, 5.74) is 7.30. The number of carbonyl (C=O) groups is 2. The van der Waals surface area contributed by atoms with Gasteiger partial charge in [-0.15, -0.1) is 0 Å². The van der Waals surface area contributed by atoms with E-state index in [-0.39, 0.29) is 18.2 Å². The predicted octanol–water partition coefficient (Wildman–Crippen LogP) is 2.23. The van der Waals surface area contributed by atoms with Gasteiger partial charge in [0.1, 0.15) is 12.4 Å². The first-order valence-corrected chi connectivity index (χ1v) is 8.54. The second kappa shape index (κ2) is 8.75. The Labute approximate surface area is 157 Å². The second-order valence-corrected chi connectivity index (χ2v) is 6.12. The molecule has 2 amide bonds. The number of nitrogens with one attached hydrogen (secondary N) is 2. The van der Waals surface area contributed by atoms with Gasteiger partial charge >= 0.3 is 0 Å². The molecule has 0 bridgehead atoms. The molecule has 1 atom stereocenters. The van der Waals surface area contributed by atoms with Crippen molar-refractivity contribution < 1.29 is 14.3 Å². The number of ether oxygens (including phenoxy) is 1. The third-order valence-electron chi connectivity index (χ3n) is 4.08. The fourth-order valence-electron chi connectivity index (χ4n) is 2.53. The van der Waals surface area contributed by atoms with E-state index < -0.39 is 5.92 Å². The van der Waals surface area contributed by atoms with Crippen LogP contribution in [0.5, 0.6) is 5.75 Å². The monoisotopic (exact) mass is 364 g/mol. The number of nitrogens with zero attached hydrogens (tertiary/aromatic N) is 2. The minimum atomic E-state index is -0.527. The number of rotatable bonds is 7. The number of carbonyl (C=O) groups excluding carboxylic acids is 2. The average molecular weight is 364 g/mol. The van der Waals surface area contributed by atoms with Crippen LogP contribution in [0.15, 0.2) is 64.8 Å². The van der Waals surface area contributed by atoms with Crippen molar-refractivity contribution in [3.05, 3.63) is 65.7 Å². The molecule has 27 heavy (non-hydrogen) atoms. The average Bonchev–Trinajstić information content (AvgIpc) is 3.00. The van der Waals surface area contributed by atoms with Crippen LogP contribution < -0.4 is 15.6 Å². The fraction of sp³-hybridized carbons (Fsp3) is 0.200. The van der Waals surface area contributed by atoms with Crippen LogP contribution in [-0.4, -0.2) is 23.7 Å². The molecule has 0 fully saturated rings. The lowest BCUT2D eigenvalue weighted by atomic mass is 10.0. The zero-order chi connectivity index (χ0) is 19.1. The minimum Gasteiger partial charge on any atom is -0.489 e. The van der Waals surface area contributed by atoms with Gasteiger partial charge in [-0.05, 0) is 42.3 Å². The number of hydrogen-bond donors (Lipinski definition) is 2. The first-order valence-electron chi connectivity index (χ1n) is 8.54. The van der Waals surface area contributed by atoms with Gasteiger partial charge in [0.05, 0.1) is 12.1 Å². The van der Waals surface area contributed by atoms with Crippen molar-refractivity contribution in [2.45, 2.75) is 20.0 Å². The van der Waals surface area contributed by atoms with Crippen molar-refractivity contribution in [3.8, 4) is 5.75 Å². The summed E-state index contributed by atoms with van der Waals surface area (Å²) in [5, 5.41) is 7.73. The van der Waals surface area contributed by atoms with Gasteiger partial charge in [0.25, 0.3) is 0 Å². The molecule has 2 aromatic carbocycles. The quantitative estimate of drug-likeness (QED) is 0.583. The van der Waals surface area contributed by atoms with Gasteiger partial charge in [0, 0.05) is 12.1 Å². The summed E-state index contributed by atoms with van der Waals surface area (Å²) < 4.78 is 5.72. The molecule has 7 heteroatoms. The molecule has 0 radical (unpaired) electrons. The Bertz CT molecular complexity index is 861. The van der Waals surface area contributed by atoms with Gasteiger partial charge in [-0.2, -0.15) is 10.2 Å². The molecule has 7 nitrogen and oxygen atoms in total. The van der Waals surface area contributed by atoms with Crippen LogP contribution in [-0.2, 0) is 16.2 Å². The molecule has 0 unspecified atom stereocenters. The van der Waals surface area contributed by atoms with Gasteiger partial charge in [-0.3, -0.25) is 9.59 Å². The number of amides is 2. The van der Waals surface area contributed by atoms with Gasteiger partial charge in [0.2, 0.25) is 11.8 Å². The van der Waals surface area contributed by atoms with Crippen molar-refractivity contribution in [1.82, 2.24) is 10.9 Å². The summed E-state index contributed by atoms with van der Waals surface area (Å²) in [6, 6.07) is 17.3. The Morgan fingerprint density at radius 1 is 1.22 bits per heavy atom. The van der Waals surface area contributed by atoms with Crippen LogP contribution >= 0.6 is 0 Å². The van der Waals surface area contributed by atoms with E-state index in [0.717, 1.165) is 16.9 Å². The van der Waals surface area contributed by atoms with Crippen molar-refractivity contribution in [1.29, 1.82) is 0 Å². The Hall–Kier alpha value is -3.48. The molecule has 0 spiro atoms. The predicted molar refractivity (Wildman–Crippen MR) is 102 cm³/mol. The van der Waals surface area contributed by atoms with Crippen molar-refractivity contribution in [3.63, 3.8) is 0 Å². The SMILES string of the molecule is CC1=NNC(=O)[C@@H]1CC(=O)N/N=C\c1ccc(OCc2ccccc2)cc1. The summed E-state index contributed by atoms with van der Waals surface area (Å²) in [6.45, 7) is 2.21. The van der Waals surface area contributed by atoms with Gasteiger partial charge in [-0.25, -0.2) is 10.9 Å². The lowest BCUT2D eigenvalue weighted by Gasteiger charge is -2.06. The topological polar surface area (TPSA) is 92.2 Å². The van der Waals surface area contributed by atoms with E-state index in [0.29, 0.717) is 12.3 Å². The molecule has 1 heterocycles. The molecule has 138 valence electrons. The largest absolute Gasteiger partial charge is 0.489 e. The fourth-order valence-corrected chi connectivity index (χ4v) is 2.53. The molecule has 1 aliphatic rings. The highest BCUT2D eigenvalue weighted by Crippen LogP contribution is 2.14. The molecule has 0 saturated heterocycles. The second-order valence-electron chi connectivity index (χ2n) is 6.12. The molecular weight excluding hydrogens is 344 g/mol. The third-order valence-corrected chi connectivity index (χ3v) is 4.08. The zero-order valence-corrected chi connectivity index (χ0v) is 14.9. The molecule has 1 aliphatic heterocycles. The van der Waals surface area contributed by atoms with E-state index in [1.807, 2.05) is 54.6 Å². The highest BCUT2D eigenvalue weighted by Gasteiger charge is 2.28. The zero-order valence-electron chi connectivity index (χ0n) is 14.9. The van der Waals surface area contributed by atoms with E-state index in [1.54, 1.807) is 6.92 Å². The van der Waals surface area contributed by atoms with E-state index in [9.17, 15) is 9.59 Å². The summed E-state index contributed by atoms with van der Waals surface area (Å²) in [4.78, 5) is 23.4. The summed E-state index contributed by atoms with van der Waals surface area (Å²) in [5.74, 6) is -0.383. The van der Waals surface area contributed by atoms with Crippen LogP contribution in [0, 0.1) is 5.92 Å². The number of benzene rings is 2. The highest BCUT2D eigenvalue weighted by molar-refractivity contribution is 6.09. The molecule has 2 aromatic rings. The van der Waals surface area contributed by atoms with E-state index in [4.69, 9.17) is 4.74 Å². The lowest BCUT2D eigenvalue weighted by molar-refractivity contribution is -0.127. The standard InChI is InChI=1S/C20H20N4O3/c1-14-18(20(26)24-22-14)11-19(25)23-21-12-15-7-9-17(10-8-15)27-13-16-5-3-2-4-6-16/h2-10,12,18H,11,13H2,1H3,(H,23,25)(H,24,26)/b21-12-/t18-/m1/s1. The molecule has 0 saturated carbocycles. The van der Waals surface area contributed by atoms with E-state index in [1.165, 1.54) is 6.21 Å². The molecule has 2 N–H and O–H groups in total. The van der Waals surface area contributed by atoms with Crippen molar-refractivity contribution >= 4 is 23.7 Å². The Balaban J connectivity index is 1.45. The maximum atomic E-state index is 11.9. The number of hydrazone groups is 2. The first-order chi connectivity index (χ1) is 13.1. The summed E-state index contributed by atoms with van der Waals surface area (Å²) in [6.07, 6.45) is 1.55. The van der Waals surface area contributed by atoms with Gasteiger partial charge in [-0.1, -0.05) is 30.3 Å². The van der Waals surface area contributed by atoms with E-state index >= 15 is 0 Å². The molecule has 0 aliphatic carbocycles. The Morgan fingerprint density at radius 3 is 2.63 bits per heavy atom. The smallest absolute Gasteiger partial charge is 0.249 e.